The minimum atomic E-state index is -0.291. The van der Waals surface area contributed by atoms with Gasteiger partial charge in [-0.25, -0.2) is 0 Å². The minimum Gasteiger partial charge on any atom is -0.393 e. The third kappa shape index (κ3) is 9.68. The van der Waals surface area contributed by atoms with Crippen molar-refractivity contribution >= 4 is 0 Å². The van der Waals surface area contributed by atoms with Gasteiger partial charge in [0.25, 0.3) is 0 Å². The molecule has 0 aromatic carbocycles. The lowest BCUT2D eigenvalue weighted by molar-refractivity contribution is 0.0685. The molecule has 1 aliphatic rings. The van der Waals surface area contributed by atoms with E-state index in [-0.39, 0.29) is 12.2 Å². The summed E-state index contributed by atoms with van der Waals surface area (Å²) >= 11 is 0. The molecular weight excluding hydrogens is 272 g/mol. The van der Waals surface area contributed by atoms with E-state index in [0.29, 0.717) is 39.3 Å². The van der Waals surface area contributed by atoms with Crippen LogP contribution in [0, 0.1) is 0 Å². The molecular formula is C15H30N2O4. The van der Waals surface area contributed by atoms with Crippen molar-refractivity contribution in [2.75, 3.05) is 46.2 Å². The molecule has 2 atom stereocenters. The number of hydrogen-bond donors (Lipinski definition) is 2. The van der Waals surface area contributed by atoms with Crippen LogP contribution in [0.3, 0.4) is 0 Å². The first kappa shape index (κ1) is 18.2. The van der Waals surface area contributed by atoms with E-state index in [1.807, 2.05) is 0 Å². The SMILES string of the molecule is CC(O)CCOCCN1C=CN(CCOCCC(C)O)C1. The Balaban J connectivity index is 1.94. The Morgan fingerprint density at radius 2 is 1.29 bits per heavy atom. The lowest BCUT2D eigenvalue weighted by atomic mass is 10.3. The van der Waals surface area contributed by atoms with Crippen molar-refractivity contribution < 1.29 is 19.7 Å². The first-order valence-electron chi connectivity index (χ1n) is 7.76. The van der Waals surface area contributed by atoms with Crippen LogP contribution in [0.15, 0.2) is 12.4 Å². The van der Waals surface area contributed by atoms with E-state index in [0.717, 1.165) is 19.8 Å². The van der Waals surface area contributed by atoms with Gasteiger partial charge in [0.15, 0.2) is 0 Å². The summed E-state index contributed by atoms with van der Waals surface area (Å²) in [4.78, 5) is 4.39. The molecule has 1 rings (SSSR count). The summed E-state index contributed by atoms with van der Waals surface area (Å²) in [5.41, 5.74) is 0. The lowest BCUT2D eigenvalue weighted by Crippen LogP contribution is -2.30. The molecule has 1 heterocycles. The number of hydrogen-bond acceptors (Lipinski definition) is 6. The van der Waals surface area contributed by atoms with Crippen LogP contribution in [0.2, 0.25) is 0 Å². The van der Waals surface area contributed by atoms with Crippen LogP contribution < -0.4 is 0 Å². The van der Waals surface area contributed by atoms with E-state index in [1.54, 1.807) is 13.8 Å². The molecule has 21 heavy (non-hydrogen) atoms. The Morgan fingerprint density at radius 3 is 1.67 bits per heavy atom. The highest BCUT2D eigenvalue weighted by molar-refractivity contribution is 4.90. The van der Waals surface area contributed by atoms with Gasteiger partial charge in [-0.05, 0) is 26.7 Å². The molecule has 0 aromatic heterocycles. The Morgan fingerprint density at radius 1 is 0.857 bits per heavy atom. The van der Waals surface area contributed by atoms with Gasteiger partial charge in [-0.2, -0.15) is 0 Å². The molecule has 0 saturated heterocycles. The molecule has 0 bridgehead atoms. The maximum Gasteiger partial charge on any atom is 0.0895 e. The van der Waals surface area contributed by atoms with Gasteiger partial charge in [-0.1, -0.05) is 0 Å². The van der Waals surface area contributed by atoms with E-state index in [2.05, 4.69) is 22.2 Å². The van der Waals surface area contributed by atoms with Crippen LogP contribution in [0.4, 0.5) is 0 Å². The third-order valence-corrected chi connectivity index (χ3v) is 3.26. The van der Waals surface area contributed by atoms with E-state index < -0.39 is 0 Å². The maximum absolute atomic E-state index is 9.11. The van der Waals surface area contributed by atoms with Crippen LogP contribution in [0.5, 0.6) is 0 Å². The lowest BCUT2D eigenvalue weighted by Gasteiger charge is -2.21. The second kappa shape index (κ2) is 10.8. The zero-order valence-corrected chi connectivity index (χ0v) is 13.3. The molecule has 2 N–H and O–H groups in total. The average molecular weight is 302 g/mol. The number of rotatable bonds is 12. The van der Waals surface area contributed by atoms with Crippen molar-refractivity contribution in [1.82, 2.24) is 9.80 Å². The quantitative estimate of drug-likeness (QED) is 0.515. The maximum atomic E-state index is 9.11. The summed E-state index contributed by atoms with van der Waals surface area (Å²) < 4.78 is 10.9. The van der Waals surface area contributed by atoms with E-state index in [9.17, 15) is 0 Å². The van der Waals surface area contributed by atoms with Crippen molar-refractivity contribution in [2.24, 2.45) is 0 Å². The van der Waals surface area contributed by atoms with Crippen molar-refractivity contribution in [3.05, 3.63) is 12.4 Å². The summed E-state index contributed by atoms with van der Waals surface area (Å²) in [6.07, 6.45) is 4.92. The van der Waals surface area contributed by atoms with Gasteiger partial charge in [0.05, 0.1) is 32.1 Å². The number of nitrogens with zero attached hydrogens (tertiary/aromatic N) is 2. The summed E-state index contributed by atoms with van der Waals surface area (Å²) in [7, 11) is 0. The topological polar surface area (TPSA) is 65.4 Å². The molecule has 0 amide bonds. The normalized spacial score (nSPS) is 17.5. The first-order valence-corrected chi connectivity index (χ1v) is 7.76. The van der Waals surface area contributed by atoms with Gasteiger partial charge >= 0.3 is 0 Å². The van der Waals surface area contributed by atoms with Crippen LogP contribution >= 0.6 is 0 Å². The Kier molecular flexibility index (Phi) is 9.41. The highest BCUT2D eigenvalue weighted by atomic mass is 16.5. The fourth-order valence-corrected chi connectivity index (χ4v) is 1.88. The monoisotopic (exact) mass is 302 g/mol. The second-order valence-corrected chi connectivity index (χ2v) is 5.56. The average Bonchev–Trinajstić information content (AvgIpc) is 2.85. The van der Waals surface area contributed by atoms with Gasteiger partial charge in [-0.3, -0.25) is 0 Å². The zero-order valence-electron chi connectivity index (χ0n) is 13.3. The molecule has 124 valence electrons. The Hall–Kier alpha value is -0.820. The van der Waals surface area contributed by atoms with Crippen molar-refractivity contribution in [3.63, 3.8) is 0 Å². The molecule has 6 nitrogen and oxygen atoms in total. The Bertz CT molecular complexity index is 259. The fraction of sp³-hybridized carbons (Fsp3) is 0.867. The first-order chi connectivity index (χ1) is 10.1. The van der Waals surface area contributed by atoms with E-state index in [1.165, 1.54) is 0 Å². The smallest absolute Gasteiger partial charge is 0.0895 e. The highest BCUT2D eigenvalue weighted by Gasteiger charge is 2.11. The number of ether oxygens (including phenoxy) is 2. The van der Waals surface area contributed by atoms with E-state index in [4.69, 9.17) is 19.7 Å². The zero-order chi connectivity index (χ0) is 15.5. The van der Waals surface area contributed by atoms with Crippen LogP contribution in [-0.4, -0.2) is 78.4 Å². The fourth-order valence-electron chi connectivity index (χ4n) is 1.88. The highest BCUT2D eigenvalue weighted by Crippen LogP contribution is 2.06. The van der Waals surface area contributed by atoms with Gasteiger partial charge in [-0.15, -0.1) is 0 Å². The predicted octanol–water partition coefficient (Wildman–Crippen LogP) is 0.608. The van der Waals surface area contributed by atoms with Crippen molar-refractivity contribution in [3.8, 4) is 0 Å². The van der Waals surface area contributed by atoms with Gasteiger partial charge in [0.1, 0.15) is 0 Å². The minimum absolute atomic E-state index is 0.291. The molecule has 0 fully saturated rings. The molecule has 0 aliphatic carbocycles. The number of aliphatic hydroxyl groups is 2. The molecule has 1 aliphatic heterocycles. The van der Waals surface area contributed by atoms with Crippen molar-refractivity contribution in [1.29, 1.82) is 0 Å². The molecule has 0 spiro atoms. The summed E-state index contributed by atoms with van der Waals surface area (Å²) in [5, 5.41) is 18.2. The third-order valence-electron chi connectivity index (χ3n) is 3.26. The summed E-state index contributed by atoms with van der Waals surface area (Å²) in [6, 6.07) is 0. The molecule has 6 heteroatoms. The summed E-state index contributed by atoms with van der Waals surface area (Å²) in [5.74, 6) is 0. The molecule has 0 saturated carbocycles. The van der Waals surface area contributed by atoms with Crippen LogP contribution in [-0.2, 0) is 9.47 Å². The molecule has 2 unspecified atom stereocenters. The van der Waals surface area contributed by atoms with Crippen LogP contribution in [0.1, 0.15) is 26.7 Å². The van der Waals surface area contributed by atoms with E-state index >= 15 is 0 Å². The second-order valence-electron chi connectivity index (χ2n) is 5.56. The van der Waals surface area contributed by atoms with Crippen LogP contribution in [0.25, 0.3) is 0 Å². The standard InChI is InChI=1S/C15H30N2O4/c1-14(18)3-9-20-11-7-16-5-6-17(13-16)8-12-21-10-4-15(2)19/h5-6,14-15,18-19H,3-4,7-13H2,1-2H3. The van der Waals surface area contributed by atoms with Gasteiger partial charge in [0, 0.05) is 38.7 Å². The van der Waals surface area contributed by atoms with Crippen molar-refractivity contribution in [2.45, 2.75) is 38.9 Å². The Labute approximate surface area is 127 Å². The molecule has 0 radical (unpaired) electrons. The number of aliphatic hydroxyl groups excluding tert-OH is 2. The largest absolute Gasteiger partial charge is 0.393 e. The van der Waals surface area contributed by atoms with Gasteiger partial charge in [0.2, 0.25) is 0 Å². The molecule has 0 aromatic rings. The predicted molar refractivity (Wildman–Crippen MR) is 81.7 cm³/mol. The van der Waals surface area contributed by atoms with Gasteiger partial charge < -0.3 is 29.5 Å². The summed E-state index contributed by atoms with van der Waals surface area (Å²) in [6.45, 7) is 8.68.